The van der Waals surface area contributed by atoms with E-state index >= 15 is 0 Å². The molecule has 170 valence electrons. The van der Waals surface area contributed by atoms with E-state index in [-0.39, 0.29) is 0 Å². The van der Waals surface area contributed by atoms with Crippen LogP contribution in [0.15, 0.2) is 107 Å². The Labute approximate surface area is 208 Å². The normalized spacial score (nSPS) is 12.9. The lowest BCUT2D eigenvalue weighted by Crippen LogP contribution is -2.15. The number of fused-ring (bicyclic) bond motifs is 2. The number of nitrogens with zero attached hydrogens (tertiary/aromatic N) is 1. The lowest BCUT2D eigenvalue weighted by molar-refractivity contribution is 0.795. The first-order chi connectivity index (χ1) is 16.7. The second-order valence-corrected chi connectivity index (χ2v) is 10.0. The van der Waals surface area contributed by atoms with Crippen molar-refractivity contribution in [2.45, 2.75) is 49.8 Å². The number of unbranched alkanes of at least 4 members (excludes halogenated alkanes) is 1. The van der Waals surface area contributed by atoms with Gasteiger partial charge in [0.15, 0.2) is 0 Å². The van der Waals surface area contributed by atoms with Crippen molar-refractivity contribution in [3.8, 4) is 0 Å². The molecule has 0 unspecified atom stereocenters. The van der Waals surface area contributed by atoms with Gasteiger partial charge in [-0.25, -0.2) is 0 Å². The summed E-state index contributed by atoms with van der Waals surface area (Å²) in [5.74, 6) is 0. The largest absolute Gasteiger partial charge is 0.308 e. The van der Waals surface area contributed by atoms with Crippen LogP contribution in [0.25, 0.3) is 5.57 Å². The highest BCUT2D eigenvalue weighted by Gasteiger charge is 2.25. The fraction of sp³-hybridized carbons (Fsp3) is 0.188. The first-order valence-corrected chi connectivity index (χ1v) is 13.0. The third kappa shape index (κ3) is 4.43. The molecule has 0 radical (unpaired) electrons. The predicted molar refractivity (Wildman–Crippen MR) is 148 cm³/mol. The van der Waals surface area contributed by atoms with Crippen LogP contribution >= 0.6 is 11.8 Å². The molecular formula is C32H31NS. The quantitative estimate of drug-likeness (QED) is 0.247. The molecule has 0 saturated heterocycles. The van der Waals surface area contributed by atoms with Gasteiger partial charge in [0.05, 0.1) is 11.4 Å². The summed E-state index contributed by atoms with van der Waals surface area (Å²) in [5.41, 5.74) is 10.2. The lowest BCUT2D eigenvalue weighted by atomic mass is 9.97. The molecule has 0 aromatic heterocycles. The minimum absolute atomic E-state index is 1.15. The zero-order valence-corrected chi connectivity index (χ0v) is 21.0. The van der Waals surface area contributed by atoms with E-state index < -0.39 is 0 Å². The van der Waals surface area contributed by atoms with Crippen molar-refractivity contribution in [1.29, 1.82) is 0 Å². The second kappa shape index (κ2) is 9.95. The average molecular weight is 462 g/mol. The van der Waals surface area contributed by atoms with E-state index in [9.17, 15) is 0 Å². The molecule has 4 aromatic rings. The van der Waals surface area contributed by atoms with Crippen molar-refractivity contribution < 1.29 is 0 Å². The van der Waals surface area contributed by atoms with E-state index in [1.165, 1.54) is 67.5 Å². The Morgan fingerprint density at radius 3 is 2.21 bits per heavy atom. The summed E-state index contributed by atoms with van der Waals surface area (Å²) in [4.78, 5) is 5.02. The SMILES string of the molecule is CC=C(c1ccccc1)c1ccc2c(c1)Sc1cc(C)ccc1N2c1ccc(CCCC)cc1. The molecule has 1 aliphatic rings. The highest BCUT2D eigenvalue weighted by Crippen LogP contribution is 2.52. The zero-order chi connectivity index (χ0) is 23.5. The van der Waals surface area contributed by atoms with Crippen LogP contribution in [0, 0.1) is 6.92 Å². The first-order valence-electron chi connectivity index (χ1n) is 12.2. The Hall–Kier alpha value is -3.23. The zero-order valence-electron chi connectivity index (χ0n) is 20.2. The van der Waals surface area contributed by atoms with Gasteiger partial charge >= 0.3 is 0 Å². The van der Waals surface area contributed by atoms with Crippen molar-refractivity contribution in [3.05, 3.63) is 119 Å². The lowest BCUT2D eigenvalue weighted by Gasteiger charge is -2.33. The van der Waals surface area contributed by atoms with Gasteiger partial charge in [-0.15, -0.1) is 0 Å². The van der Waals surface area contributed by atoms with Crippen LogP contribution in [-0.2, 0) is 6.42 Å². The van der Waals surface area contributed by atoms with Crippen LogP contribution < -0.4 is 4.90 Å². The highest BCUT2D eigenvalue weighted by atomic mass is 32.2. The summed E-state index contributed by atoms with van der Waals surface area (Å²) in [6.45, 7) is 6.55. The van der Waals surface area contributed by atoms with Crippen LogP contribution in [-0.4, -0.2) is 0 Å². The van der Waals surface area contributed by atoms with Crippen LogP contribution in [0.3, 0.4) is 0 Å². The number of hydrogen-bond acceptors (Lipinski definition) is 2. The second-order valence-electron chi connectivity index (χ2n) is 8.93. The third-order valence-electron chi connectivity index (χ3n) is 6.47. The monoisotopic (exact) mass is 461 g/mol. The topological polar surface area (TPSA) is 3.24 Å². The maximum Gasteiger partial charge on any atom is 0.0602 e. The number of allylic oxidation sites excluding steroid dienone is 1. The molecule has 2 heteroatoms. The fourth-order valence-electron chi connectivity index (χ4n) is 4.67. The van der Waals surface area contributed by atoms with Crippen LogP contribution in [0.4, 0.5) is 17.1 Å². The maximum atomic E-state index is 2.42. The standard InChI is InChI=1S/C32H31NS/c1-4-6-10-24-14-17-27(18-15-24)33-29-19-13-23(3)21-31(29)34-32-22-26(16-20-30(32)33)28(5-2)25-11-8-7-9-12-25/h5,7-9,11-22H,4,6,10H2,1-3H3. The molecular weight excluding hydrogens is 430 g/mol. The van der Waals surface area contributed by atoms with Crippen LogP contribution in [0.1, 0.15) is 48.9 Å². The van der Waals surface area contributed by atoms with Crippen molar-refractivity contribution in [2.24, 2.45) is 0 Å². The van der Waals surface area contributed by atoms with Crippen molar-refractivity contribution in [3.63, 3.8) is 0 Å². The molecule has 4 aromatic carbocycles. The molecule has 0 bridgehead atoms. The van der Waals surface area contributed by atoms with Gasteiger partial charge in [0.1, 0.15) is 0 Å². The maximum absolute atomic E-state index is 2.42. The summed E-state index contributed by atoms with van der Waals surface area (Å²) >= 11 is 1.88. The molecule has 0 spiro atoms. The summed E-state index contributed by atoms with van der Waals surface area (Å²) in [7, 11) is 0. The summed E-state index contributed by atoms with van der Waals surface area (Å²) in [6.07, 6.45) is 5.83. The molecule has 5 rings (SSSR count). The average Bonchev–Trinajstić information content (AvgIpc) is 2.87. The summed E-state index contributed by atoms with van der Waals surface area (Å²) in [6, 6.07) is 33.5. The van der Waals surface area contributed by atoms with Gasteiger partial charge in [0, 0.05) is 15.5 Å². The van der Waals surface area contributed by atoms with Crippen LogP contribution in [0.2, 0.25) is 0 Å². The van der Waals surface area contributed by atoms with E-state index in [4.69, 9.17) is 0 Å². The van der Waals surface area contributed by atoms with Gasteiger partial charge in [0.2, 0.25) is 0 Å². The van der Waals surface area contributed by atoms with Crippen molar-refractivity contribution >= 4 is 34.4 Å². The van der Waals surface area contributed by atoms with E-state index in [2.05, 4.69) is 123 Å². The summed E-state index contributed by atoms with van der Waals surface area (Å²) < 4.78 is 0. The minimum Gasteiger partial charge on any atom is -0.308 e. The first kappa shape index (κ1) is 22.6. The van der Waals surface area contributed by atoms with Crippen LogP contribution in [0.5, 0.6) is 0 Å². The number of benzene rings is 4. The molecule has 1 nitrogen and oxygen atoms in total. The van der Waals surface area contributed by atoms with Gasteiger partial charge in [-0.3, -0.25) is 0 Å². The number of anilines is 3. The predicted octanol–water partition coefficient (Wildman–Crippen LogP) is 9.72. The van der Waals surface area contributed by atoms with Crippen molar-refractivity contribution in [1.82, 2.24) is 0 Å². The molecule has 0 N–H and O–H groups in total. The highest BCUT2D eigenvalue weighted by molar-refractivity contribution is 7.99. The number of hydrogen-bond donors (Lipinski definition) is 0. The fourth-order valence-corrected chi connectivity index (χ4v) is 5.87. The van der Waals surface area contributed by atoms with Crippen molar-refractivity contribution in [2.75, 3.05) is 4.90 Å². The molecule has 0 atom stereocenters. The van der Waals surface area contributed by atoms with E-state index in [1.807, 2.05) is 11.8 Å². The Bertz CT molecular complexity index is 1320. The van der Waals surface area contributed by atoms with Gasteiger partial charge in [-0.05, 0) is 90.9 Å². The van der Waals surface area contributed by atoms with Gasteiger partial charge in [0.25, 0.3) is 0 Å². The molecule has 34 heavy (non-hydrogen) atoms. The molecule has 1 heterocycles. The Morgan fingerprint density at radius 1 is 0.794 bits per heavy atom. The molecule has 0 saturated carbocycles. The number of rotatable bonds is 6. The number of aryl methyl sites for hydroxylation is 2. The molecule has 0 fully saturated rings. The van der Waals surface area contributed by atoms with E-state index in [0.717, 1.165) is 6.42 Å². The smallest absolute Gasteiger partial charge is 0.0602 e. The molecule has 0 amide bonds. The Kier molecular flexibility index (Phi) is 6.60. The minimum atomic E-state index is 1.15. The van der Waals surface area contributed by atoms with E-state index in [1.54, 1.807) is 0 Å². The third-order valence-corrected chi connectivity index (χ3v) is 7.57. The van der Waals surface area contributed by atoms with Gasteiger partial charge in [-0.2, -0.15) is 0 Å². The Balaban J connectivity index is 1.59. The molecule has 0 aliphatic carbocycles. The molecule has 1 aliphatic heterocycles. The Morgan fingerprint density at radius 2 is 1.50 bits per heavy atom. The van der Waals surface area contributed by atoms with Gasteiger partial charge < -0.3 is 4.90 Å². The van der Waals surface area contributed by atoms with E-state index in [0.29, 0.717) is 0 Å². The summed E-state index contributed by atoms with van der Waals surface area (Å²) in [5, 5.41) is 0. The van der Waals surface area contributed by atoms with Gasteiger partial charge in [-0.1, -0.05) is 85.8 Å².